The monoisotopic (exact) mass is 476 g/mol. The number of benzene rings is 2. The smallest absolute Gasteiger partial charge is 0.224 e. The van der Waals surface area contributed by atoms with Crippen molar-refractivity contribution in [2.24, 2.45) is 0 Å². The number of piperazine rings is 1. The average Bonchev–Trinajstić information content (AvgIpc) is 2.87. The van der Waals surface area contributed by atoms with E-state index in [1.165, 1.54) is 23.3 Å². The number of hydrogen-bond acceptors (Lipinski definition) is 5. The molecule has 2 aromatic carbocycles. The fraction of sp³-hybridized carbons (Fsp3) is 0.357. The van der Waals surface area contributed by atoms with Crippen molar-refractivity contribution in [1.82, 2.24) is 20.1 Å². The summed E-state index contributed by atoms with van der Waals surface area (Å²) in [5, 5.41) is 2.88. The molecule has 1 saturated heterocycles. The Morgan fingerprint density at radius 1 is 0.943 bits per heavy atom. The van der Waals surface area contributed by atoms with E-state index in [2.05, 4.69) is 38.3 Å². The number of nitrogens with zero attached hydrogens (tertiary/aromatic N) is 3. The summed E-state index contributed by atoms with van der Waals surface area (Å²) in [4.78, 5) is 21.3. The largest absolute Gasteiger partial charge is 0.489 e. The van der Waals surface area contributed by atoms with Crippen molar-refractivity contribution in [3.05, 3.63) is 95.6 Å². The topological polar surface area (TPSA) is 57.7 Å². The van der Waals surface area contributed by atoms with Crippen LogP contribution in [0.25, 0.3) is 0 Å². The van der Waals surface area contributed by atoms with Crippen LogP contribution in [0.1, 0.15) is 23.6 Å². The molecule has 0 aliphatic carbocycles. The zero-order chi connectivity index (χ0) is 24.5. The van der Waals surface area contributed by atoms with Gasteiger partial charge < -0.3 is 10.1 Å². The van der Waals surface area contributed by atoms with Gasteiger partial charge in [-0.05, 0) is 53.9 Å². The predicted octanol–water partition coefficient (Wildman–Crippen LogP) is 3.66. The standard InChI is InChI=1S/C28H33FN4O2/c1-22(18-31-28(34)17-23-4-8-26(29)9-5-23)35-27-10-6-24(7-11-27)20-32-13-15-33(16-14-32)21-25-3-2-12-30-19-25/h2-12,19,22H,13-18,20-21H2,1H3,(H,31,34)/t22-/m1/s1. The zero-order valence-corrected chi connectivity index (χ0v) is 20.2. The van der Waals surface area contributed by atoms with E-state index in [1.54, 1.807) is 12.1 Å². The van der Waals surface area contributed by atoms with Gasteiger partial charge in [0.2, 0.25) is 5.91 Å². The zero-order valence-electron chi connectivity index (χ0n) is 20.2. The van der Waals surface area contributed by atoms with Crippen LogP contribution in [-0.2, 0) is 24.3 Å². The number of amides is 1. The Balaban J connectivity index is 1.15. The van der Waals surface area contributed by atoms with Gasteiger partial charge in [0.15, 0.2) is 0 Å². The molecule has 0 bridgehead atoms. The summed E-state index contributed by atoms with van der Waals surface area (Å²) in [5.41, 5.74) is 3.31. The fourth-order valence-corrected chi connectivity index (χ4v) is 4.17. The van der Waals surface area contributed by atoms with Crippen LogP contribution in [0.2, 0.25) is 0 Å². The lowest BCUT2D eigenvalue weighted by atomic mass is 10.1. The van der Waals surface area contributed by atoms with Gasteiger partial charge in [-0.15, -0.1) is 0 Å². The van der Waals surface area contributed by atoms with Crippen LogP contribution in [0.3, 0.4) is 0 Å². The Morgan fingerprint density at radius 3 is 2.20 bits per heavy atom. The Labute approximate surface area is 206 Å². The minimum atomic E-state index is -0.304. The van der Waals surface area contributed by atoms with E-state index in [0.717, 1.165) is 50.6 Å². The predicted molar refractivity (Wildman–Crippen MR) is 134 cm³/mol. The molecule has 1 N–H and O–H groups in total. The normalized spacial score (nSPS) is 15.5. The van der Waals surface area contributed by atoms with E-state index in [0.29, 0.717) is 6.54 Å². The summed E-state index contributed by atoms with van der Waals surface area (Å²) in [6.45, 7) is 8.43. The number of hydrogen-bond donors (Lipinski definition) is 1. The van der Waals surface area contributed by atoms with E-state index in [9.17, 15) is 9.18 Å². The van der Waals surface area contributed by atoms with Crippen molar-refractivity contribution >= 4 is 5.91 Å². The molecule has 1 aromatic heterocycles. The second-order valence-electron chi connectivity index (χ2n) is 9.09. The molecule has 4 rings (SSSR count). The first-order valence-corrected chi connectivity index (χ1v) is 12.1. The average molecular weight is 477 g/mol. The molecule has 1 atom stereocenters. The van der Waals surface area contributed by atoms with Gasteiger partial charge in [-0.25, -0.2) is 4.39 Å². The Hall–Kier alpha value is -3.29. The first-order chi connectivity index (χ1) is 17.0. The van der Waals surface area contributed by atoms with Crippen molar-refractivity contribution in [2.75, 3.05) is 32.7 Å². The summed E-state index contributed by atoms with van der Waals surface area (Å²) in [6.07, 6.45) is 3.82. The number of carbonyl (C=O) groups excluding carboxylic acids is 1. The van der Waals surface area contributed by atoms with Gasteiger partial charge >= 0.3 is 0 Å². The van der Waals surface area contributed by atoms with Crippen LogP contribution in [0.15, 0.2) is 73.1 Å². The molecule has 0 radical (unpaired) electrons. The Kier molecular flexibility index (Phi) is 8.81. The highest BCUT2D eigenvalue weighted by atomic mass is 19.1. The lowest BCUT2D eigenvalue weighted by molar-refractivity contribution is -0.120. The molecular weight excluding hydrogens is 443 g/mol. The quantitative estimate of drug-likeness (QED) is 0.484. The van der Waals surface area contributed by atoms with Crippen LogP contribution in [0.5, 0.6) is 5.75 Å². The lowest BCUT2D eigenvalue weighted by Crippen LogP contribution is -2.45. The van der Waals surface area contributed by atoms with Gasteiger partial charge in [0, 0.05) is 51.7 Å². The third kappa shape index (κ3) is 8.16. The van der Waals surface area contributed by atoms with E-state index < -0.39 is 0 Å². The van der Waals surface area contributed by atoms with E-state index in [-0.39, 0.29) is 24.2 Å². The molecule has 1 aliphatic heterocycles. The van der Waals surface area contributed by atoms with Crippen LogP contribution < -0.4 is 10.1 Å². The van der Waals surface area contributed by atoms with Gasteiger partial charge in [-0.2, -0.15) is 0 Å². The summed E-state index contributed by atoms with van der Waals surface area (Å²) in [5.74, 6) is 0.375. The minimum absolute atomic E-state index is 0.108. The minimum Gasteiger partial charge on any atom is -0.489 e. The van der Waals surface area contributed by atoms with Gasteiger partial charge in [0.1, 0.15) is 17.7 Å². The Morgan fingerprint density at radius 2 is 1.57 bits per heavy atom. The highest BCUT2D eigenvalue weighted by Crippen LogP contribution is 2.16. The number of nitrogens with one attached hydrogen (secondary N) is 1. The first-order valence-electron chi connectivity index (χ1n) is 12.1. The van der Waals surface area contributed by atoms with E-state index >= 15 is 0 Å². The number of ether oxygens (including phenoxy) is 1. The van der Waals surface area contributed by atoms with Gasteiger partial charge in [0.05, 0.1) is 13.0 Å². The molecule has 7 heteroatoms. The molecule has 1 amide bonds. The highest BCUT2D eigenvalue weighted by molar-refractivity contribution is 5.78. The maximum Gasteiger partial charge on any atom is 0.224 e. The second-order valence-corrected chi connectivity index (χ2v) is 9.09. The van der Waals surface area contributed by atoms with E-state index in [1.807, 2.05) is 37.5 Å². The number of aromatic nitrogens is 1. The molecule has 35 heavy (non-hydrogen) atoms. The van der Waals surface area contributed by atoms with Crippen molar-refractivity contribution in [1.29, 1.82) is 0 Å². The maximum absolute atomic E-state index is 13.0. The number of halogens is 1. The molecule has 1 aliphatic rings. The molecule has 0 unspecified atom stereocenters. The van der Waals surface area contributed by atoms with Crippen LogP contribution in [0.4, 0.5) is 4.39 Å². The number of pyridine rings is 1. The summed E-state index contributed by atoms with van der Waals surface area (Å²) in [6, 6.07) is 18.3. The fourth-order valence-electron chi connectivity index (χ4n) is 4.17. The summed E-state index contributed by atoms with van der Waals surface area (Å²) >= 11 is 0. The first kappa shape index (κ1) is 24.8. The molecule has 6 nitrogen and oxygen atoms in total. The molecular formula is C28H33FN4O2. The summed E-state index contributed by atoms with van der Waals surface area (Å²) < 4.78 is 18.9. The molecule has 0 spiro atoms. The van der Waals surface area contributed by atoms with Gasteiger partial charge in [-0.3, -0.25) is 19.6 Å². The molecule has 1 fully saturated rings. The van der Waals surface area contributed by atoms with Crippen molar-refractivity contribution in [3.63, 3.8) is 0 Å². The molecule has 0 saturated carbocycles. The third-order valence-electron chi connectivity index (χ3n) is 6.13. The number of rotatable bonds is 10. The number of carbonyl (C=O) groups is 1. The second kappa shape index (κ2) is 12.4. The SMILES string of the molecule is C[C@H](CNC(=O)Cc1ccc(F)cc1)Oc1ccc(CN2CCN(Cc3cccnc3)CC2)cc1. The lowest BCUT2D eigenvalue weighted by Gasteiger charge is -2.34. The molecule has 184 valence electrons. The van der Waals surface area contributed by atoms with Gasteiger partial charge in [0.25, 0.3) is 0 Å². The van der Waals surface area contributed by atoms with Gasteiger partial charge in [-0.1, -0.05) is 30.3 Å². The maximum atomic E-state index is 13.0. The van der Waals surface area contributed by atoms with Crippen LogP contribution in [-0.4, -0.2) is 59.5 Å². The van der Waals surface area contributed by atoms with Crippen molar-refractivity contribution in [3.8, 4) is 5.75 Å². The molecule has 2 heterocycles. The van der Waals surface area contributed by atoms with Crippen LogP contribution >= 0.6 is 0 Å². The van der Waals surface area contributed by atoms with Crippen LogP contribution in [0, 0.1) is 5.82 Å². The highest BCUT2D eigenvalue weighted by Gasteiger charge is 2.17. The Bertz CT molecular complexity index is 1050. The summed E-state index contributed by atoms with van der Waals surface area (Å²) in [7, 11) is 0. The van der Waals surface area contributed by atoms with Crippen molar-refractivity contribution < 1.29 is 13.9 Å². The third-order valence-corrected chi connectivity index (χ3v) is 6.13. The molecule has 3 aromatic rings. The van der Waals surface area contributed by atoms with Crippen molar-refractivity contribution in [2.45, 2.75) is 32.5 Å². The van der Waals surface area contributed by atoms with E-state index in [4.69, 9.17) is 4.74 Å².